The number of furan rings is 2. The summed E-state index contributed by atoms with van der Waals surface area (Å²) in [5.41, 5.74) is 1.78. The number of anilines is 4. The molecule has 0 unspecified atom stereocenters. The number of rotatable bonds is 10. The third kappa shape index (κ3) is 10.4. The summed E-state index contributed by atoms with van der Waals surface area (Å²) in [5.74, 6) is -3.81. The minimum atomic E-state index is -2.91. The third-order valence-corrected chi connectivity index (χ3v) is 12.0. The van der Waals surface area contributed by atoms with Crippen LogP contribution in [0, 0.1) is 57.8 Å². The van der Waals surface area contributed by atoms with E-state index in [0.29, 0.717) is 11.1 Å². The Morgan fingerprint density at radius 2 is 1.00 bits per heavy atom. The molecule has 4 aromatic heterocycles. The second-order valence-electron chi connectivity index (χ2n) is 14.1. The maximum atomic E-state index is 14.5. The van der Waals surface area contributed by atoms with Crippen LogP contribution in [-0.2, 0) is 31.7 Å². The smallest absolute Gasteiger partial charge is 0.227 e. The molecule has 0 saturated carbocycles. The molecule has 22 heteroatoms. The Labute approximate surface area is 361 Å². The zero-order valence-electron chi connectivity index (χ0n) is 33.1. The van der Waals surface area contributed by atoms with E-state index in [9.17, 15) is 35.4 Å². The highest BCUT2D eigenvalue weighted by Gasteiger charge is 2.19. The molecular formula is C42H32F6N10O4S2. The fraction of sp³-hybridized carbons (Fsp3) is 0.0952. The van der Waals surface area contributed by atoms with Gasteiger partial charge in [0.15, 0.2) is 11.6 Å². The number of hydrogen-bond acceptors (Lipinski definition) is 12. The largest absolute Gasteiger partial charge is 0.464 e. The van der Waals surface area contributed by atoms with E-state index in [1.807, 2.05) is 0 Å². The molecule has 0 saturated heterocycles. The van der Waals surface area contributed by atoms with Crippen molar-refractivity contribution in [3.8, 4) is 34.9 Å². The highest BCUT2D eigenvalue weighted by atomic mass is 32.3. The average molecular weight is 919 g/mol. The fourth-order valence-electron chi connectivity index (χ4n) is 6.50. The number of hydrogen-bond donors (Lipinski definition) is 6. The lowest BCUT2D eigenvalue weighted by molar-refractivity contribution is 0.605. The van der Waals surface area contributed by atoms with Gasteiger partial charge in [0, 0.05) is 34.0 Å². The molecule has 0 aliphatic carbocycles. The van der Waals surface area contributed by atoms with Gasteiger partial charge in [0.2, 0.25) is 24.3 Å². The summed E-state index contributed by atoms with van der Waals surface area (Å²) in [7, 11) is -5.83. The average Bonchev–Trinajstić information content (AvgIpc) is 3.92. The predicted octanol–water partition coefficient (Wildman–Crippen LogP) is 10.4. The Morgan fingerprint density at radius 1 is 0.594 bits per heavy atom. The maximum absolute atomic E-state index is 14.5. The topological polar surface area (TPSA) is 215 Å². The Balaban J connectivity index is 0.000000191. The van der Waals surface area contributed by atoms with Crippen LogP contribution in [0.25, 0.3) is 44.5 Å². The molecule has 4 N–H and O–H groups in total. The SMILES string of the molecule is C[SH](O)(Cc1cc(F)cc(Nc2ncc(F)c(-c3ccc(F)c4ccoc34)n2)c1)=NC#N.C[SH](O)(Cc1cc(F)cc(Nc2ncc(F)c(-c3ccc(F)c4ccoc34)n2)c1)=NC#N. The van der Waals surface area contributed by atoms with Crippen molar-refractivity contribution in [2.45, 2.75) is 11.5 Å². The summed E-state index contributed by atoms with van der Waals surface area (Å²) >= 11 is 0. The van der Waals surface area contributed by atoms with Crippen LogP contribution in [-0.4, -0.2) is 41.6 Å². The normalized spacial score (nSPS) is 11.9. The molecular weight excluding hydrogens is 887 g/mol. The van der Waals surface area contributed by atoms with E-state index in [1.165, 1.54) is 85.7 Å². The number of fused-ring (bicyclic) bond motifs is 2. The van der Waals surface area contributed by atoms with Crippen molar-refractivity contribution in [2.75, 3.05) is 23.1 Å². The Hall–Kier alpha value is -7.50. The van der Waals surface area contributed by atoms with E-state index in [4.69, 9.17) is 19.4 Å². The maximum Gasteiger partial charge on any atom is 0.227 e. The molecule has 8 aromatic rings. The first-order valence-corrected chi connectivity index (χ1v) is 23.1. The molecule has 0 bridgehead atoms. The predicted molar refractivity (Wildman–Crippen MR) is 232 cm³/mol. The molecule has 0 radical (unpaired) electrons. The van der Waals surface area contributed by atoms with Gasteiger partial charge in [0.25, 0.3) is 0 Å². The molecule has 4 heterocycles. The lowest BCUT2D eigenvalue weighted by atomic mass is 10.1. The summed E-state index contributed by atoms with van der Waals surface area (Å²) in [6, 6.07) is 15.8. The molecule has 0 amide bonds. The summed E-state index contributed by atoms with van der Waals surface area (Å²) in [5, 5.41) is 23.3. The van der Waals surface area contributed by atoms with Crippen molar-refractivity contribution < 1.29 is 44.3 Å². The van der Waals surface area contributed by atoms with Crippen LogP contribution in [0.3, 0.4) is 0 Å². The van der Waals surface area contributed by atoms with Gasteiger partial charge in [-0.05, 0) is 96.4 Å². The molecule has 4 aromatic carbocycles. The van der Waals surface area contributed by atoms with Gasteiger partial charge in [-0.15, -0.1) is 8.73 Å². The van der Waals surface area contributed by atoms with Crippen molar-refractivity contribution in [1.82, 2.24) is 19.9 Å². The van der Waals surface area contributed by atoms with Gasteiger partial charge >= 0.3 is 0 Å². The minimum absolute atomic E-state index is 0.00538. The van der Waals surface area contributed by atoms with Crippen LogP contribution >= 0.6 is 0 Å². The van der Waals surface area contributed by atoms with Crippen LogP contribution < -0.4 is 10.6 Å². The summed E-state index contributed by atoms with van der Waals surface area (Å²) < 4.78 is 123. The van der Waals surface area contributed by atoms with Crippen molar-refractivity contribution in [3.05, 3.63) is 144 Å². The number of halogens is 6. The molecule has 0 spiro atoms. The molecule has 0 aliphatic rings. The van der Waals surface area contributed by atoms with Crippen molar-refractivity contribution in [3.63, 3.8) is 0 Å². The zero-order valence-corrected chi connectivity index (χ0v) is 34.9. The van der Waals surface area contributed by atoms with E-state index in [0.717, 1.165) is 12.4 Å². The van der Waals surface area contributed by atoms with E-state index in [-0.39, 0.29) is 79.2 Å². The van der Waals surface area contributed by atoms with Crippen LogP contribution in [0.15, 0.2) is 115 Å². The Bertz CT molecular complexity index is 3070. The Morgan fingerprint density at radius 3 is 1.39 bits per heavy atom. The molecule has 64 heavy (non-hydrogen) atoms. The zero-order chi connectivity index (χ0) is 45.8. The van der Waals surface area contributed by atoms with Gasteiger partial charge in [-0.25, -0.2) is 46.3 Å². The van der Waals surface area contributed by atoms with Gasteiger partial charge in [-0.2, -0.15) is 10.5 Å². The quantitative estimate of drug-likeness (QED) is 0.0429. The van der Waals surface area contributed by atoms with Crippen LogP contribution in [0.2, 0.25) is 0 Å². The molecule has 328 valence electrons. The van der Waals surface area contributed by atoms with Crippen molar-refractivity contribution in [1.29, 1.82) is 10.5 Å². The van der Waals surface area contributed by atoms with Gasteiger partial charge in [0.1, 0.15) is 45.8 Å². The van der Waals surface area contributed by atoms with Crippen molar-refractivity contribution in [2.24, 2.45) is 8.73 Å². The lowest BCUT2D eigenvalue weighted by Crippen LogP contribution is -2.10. The van der Waals surface area contributed by atoms with E-state index < -0.39 is 55.1 Å². The highest BCUT2D eigenvalue weighted by molar-refractivity contribution is 7.98. The van der Waals surface area contributed by atoms with Crippen molar-refractivity contribution >= 4 is 65.4 Å². The van der Waals surface area contributed by atoms with Crippen LogP contribution in [0.4, 0.5) is 49.6 Å². The number of nitrogens with zero attached hydrogens (tertiary/aromatic N) is 8. The summed E-state index contributed by atoms with van der Waals surface area (Å²) in [6.07, 6.45) is 10.5. The standard InChI is InChI=1S/2C21H16F3N5O2S/c2*1-32(30,27-11-25)10-12-6-13(22)8-14(7-12)28-21-26-9-18(24)19(29-21)16-2-3-17(23)15-4-5-31-20(15)16/h2*2-9,32H,10H2,1H3,(H,27,30)(H,26,28,29). The lowest BCUT2D eigenvalue weighted by Gasteiger charge is -2.17. The third-order valence-electron chi connectivity index (χ3n) is 9.04. The summed E-state index contributed by atoms with van der Waals surface area (Å²) in [6.45, 7) is 0. The number of nitrogens with one attached hydrogen (secondary N) is 2. The number of benzene rings is 4. The number of nitriles is 2. The molecule has 0 fully saturated rings. The van der Waals surface area contributed by atoms with Gasteiger partial charge in [-0.1, -0.05) is 20.2 Å². The fourth-order valence-corrected chi connectivity index (χ4v) is 8.78. The first-order valence-electron chi connectivity index (χ1n) is 18.4. The monoisotopic (exact) mass is 918 g/mol. The first-order chi connectivity index (χ1) is 30.5. The second-order valence-corrected chi connectivity index (χ2v) is 19.5. The van der Waals surface area contributed by atoms with E-state index in [2.05, 4.69) is 39.3 Å². The Kier molecular flexibility index (Phi) is 12.9. The number of thiol groups is 2. The first kappa shape index (κ1) is 44.6. The van der Waals surface area contributed by atoms with E-state index >= 15 is 0 Å². The van der Waals surface area contributed by atoms with Crippen LogP contribution in [0.1, 0.15) is 11.1 Å². The minimum Gasteiger partial charge on any atom is -0.464 e. The van der Waals surface area contributed by atoms with Gasteiger partial charge < -0.3 is 28.6 Å². The molecule has 14 nitrogen and oxygen atoms in total. The number of aromatic nitrogens is 4. The second kappa shape index (κ2) is 18.5. The summed E-state index contributed by atoms with van der Waals surface area (Å²) in [4.78, 5) is 16.1. The molecule has 8 rings (SSSR count). The molecule has 0 aliphatic heterocycles. The molecule has 0 atom stereocenters. The van der Waals surface area contributed by atoms with Gasteiger partial charge in [-0.3, -0.25) is 0 Å². The van der Waals surface area contributed by atoms with Crippen LogP contribution in [0.5, 0.6) is 0 Å². The van der Waals surface area contributed by atoms with E-state index in [1.54, 1.807) is 24.5 Å². The van der Waals surface area contributed by atoms with Gasteiger partial charge in [0.05, 0.1) is 35.7 Å². The highest BCUT2D eigenvalue weighted by Crippen LogP contribution is 2.34.